The molecule has 0 aliphatic carbocycles. The molecule has 4 rings (SSSR count). The predicted octanol–water partition coefficient (Wildman–Crippen LogP) is 4.42. The van der Waals surface area contributed by atoms with Gasteiger partial charge in [-0.3, -0.25) is 9.59 Å². The Morgan fingerprint density at radius 1 is 1.07 bits per heavy atom. The zero-order valence-corrected chi connectivity index (χ0v) is 16.4. The number of likely N-dealkylation sites (tertiary alicyclic amines) is 1. The van der Waals surface area contributed by atoms with Crippen molar-refractivity contribution >= 4 is 34.4 Å². The standard InChI is InChI=1S/C22H20ClFN2O3/c23-17-3-1-14(2-4-17)13-26-19-6-5-18(24)11-16(19)12-20(26)21(27)25-9-7-15(8-10-25)22(28)29/h1-6,11-12,15H,7-10,13H2,(H,28,29). The summed E-state index contributed by atoms with van der Waals surface area (Å²) in [5, 5.41) is 10.5. The fourth-order valence-electron chi connectivity index (χ4n) is 3.85. The number of piperidine rings is 1. The molecule has 29 heavy (non-hydrogen) atoms. The Hall–Kier alpha value is -2.86. The van der Waals surface area contributed by atoms with Gasteiger partial charge in [0.25, 0.3) is 5.91 Å². The van der Waals surface area contributed by atoms with Crippen LogP contribution in [-0.4, -0.2) is 39.5 Å². The first-order valence-corrected chi connectivity index (χ1v) is 9.85. The Morgan fingerprint density at radius 2 is 1.76 bits per heavy atom. The average Bonchev–Trinajstić information content (AvgIpc) is 3.06. The van der Waals surface area contributed by atoms with E-state index in [9.17, 15) is 19.1 Å². The number of halogens is 2. The SMILES string of the molecule is O=C(O)C1CCN(C(=O)c2cc3cc(F)ccc3n2Cc2ccc(Cl)cc2)CC1. The molecule has 3 aromatic rings. The lowest BCUT2D eigenvalue weighted by Crippen LogP contribution is -2.41. The fraction of sp³-hybridized carbons (Fsp3) is 0.273. The third-order valence-electron chi connectivity index (χ3n) is 5.47. The van der Waals surface area contributed by atoms with Crippen LogP contribution in [0.4, 0.5) is 4.39 Å². The zero-order valence-electron chi connectivity index (χ0n) is 15.6. The molecule has 0 atom stereocenters. The molecule has 1 aromatic heterocycles. The first-order chi connectivity index (χ1) is 13.9. The van der Waals surface area contributed by atoms with E-state index in [-0.39, 0.29) is 11.7 Å². The van der Waals surface area contributed by atoms with Gasteiger partial charge in [0.05, 0.1) is 5.92 Å². The maximum atomic E-state index is 13.7. The highest BCUT2D eigenvalue weighted by molar-refractivity contribution is 6.30. The number of carbonyl (C=O) groups excluding carboxylic acids is 1. The van der Waals surface area contributed by atoms with E-state index in [1.54, 1.807) is 29.2 Å². The summed E-state index contributed by atoms with van der Waals surface area (Å²) in [6.45, 7) is 1.23. The second-order valence-corrected chi connectivity index (χ2v) is 7.79. The molecular formula is C22H20ClFN2O3. The predicted molar refractivity (Wildman–Crippen MR) is 109 cm³/mol. The number of aromatic nitrogens is 1. The van der Waals surface area contributed by atoms with Crippen LogP contribution in [-0.2, 0) is 11.3 Å². The van der Waals surface area contributed by atoms with Gasteiger partial charge in [0.15, 0.2) is 0 Å². The van der Waals surface area contributed by atoms with Gasteiger partial charge >= 0.3 is 5.97 Å². The number of benzene rings is 2. The van der Waals surface area contributed by atoms with Crippen LogP contribution in [0.1, 0.15) is 28.9 Å². The Balaban J connectivity index is 1.68. The molecule has 1 fully saturated rings. The molecule has 0 spiro atoms. The van der Waals surface area contributed by atoms with Crippen molar-refractivity contribution in [2.24, 2.45) is 5.92 Å². The molecule has 0 saturated carbocycles. The number of carbonyl (C=O) groups is 2. The normalized spacial score (nSPS) is 15.0. The van der Waals surface area contributed by atoms with Gasteiger partial charge in [0, 0.05) is 35.6 Å². The molecular weight excluding hydrogens is 395 g/mol. The molecule has 2 heterocycles. The van der Waals surface area contributed by atoms with E-state index < -0.39 is 11.9 Å². The molecule has 2 aromatic carbocycles. The van der Waals surface area contributed by atoms with Crippen LogP contribution in [0.25, 0.3) is 10.9 Å². The number of fused-ring (bicyclic) bond motifs is 1. The maximum absolute atomic E-state index is 13.7. The Labute approximate surface area is 172 Å². The first-order valence-electron chi connectivity index (χ1n) is 9.47. The molecule has 5 nitrogen and oxygen atoms in total. The highest BCUT2D eigenvalue weighted by Gasteiger charge is 2.29. The second-order valence-electron chi connectivity index (χ2n) is 7.35. The number of nitrogens with zero attached hydrogens (tertiary/aromatic N) is 2. The van der Waals surface area contributed by atoms with E-state index in [1.807, 2.05) is 16.7 Å². The molecule has 1 aliphatic rings. The second kappa shape index (κ2) is 7.87. The molecule has 7 heteroatoms. The van der Waals surface area contributed by atoms with Crippen LogP contribution in [0.3, 0.4) is 0 Å². The van der Waals surface area contributed by atoms with Gasteiger partial charge in [-0.15, -0.1) is 0 Å². The lowest BCUT2D eigenvalue weighted by Gasteiger charge is -2.30. The van der Waals surface area contributed by atoms with E-state index in [0.717, 1.165) is 11.1 Å². The third kappa shape index (κ3) is 3.98. The van der Waals surface area contributed by atoms with Gasteiger partial charge < -0.3 is 14.6 Å². The minimum atomic E-state index is -0.815. The maximum Gasteiger partial charge on any atom is 0.306 e. The highest BCUT2D eigenvalue weighted by atomic mass is 35.5. The van der Waals surface area contributed by atoms with Gasteiger partial charge in [0.2, 0.25) is 0 Å². The van der Waals surface area contributed by atoms with Crippen molar-refractivity contribution in [3.63, 3.8) is 0 Å². The van der Waals surface area contributed by atoms with Crippen molar-refractivity contribution in [1.82, 2.24) is 9.47 Å². The van der Waals surface area contributed by atoms with Crippen molar-refractivity contribution < 1.29 is 19.1 Å². The van der Waals surface area contributed by atoms with Crippen molar-refractivity contribution in [3.05, 3.63) is 70.6 Å². The van der Waals surface area contributed by atoms with E-state index in [0.29, 0.717) is 48.6 Å². The van der Waals surface area contributed by atoms with Crippen LogP contribution < -0.4 is 0 Å². The lowest BCUT2D eigenvalue weighted by atomic mass is 9.97. The number of carboxylic acids is 1. The molecule has 1 amide bonds. The highest BCUT2D eigenvalue weighted by Crippen LogP contribution is 2.26. The van der Waals surface area contributed by atoms with Crippen molar-refractivity contribution in [2.75, 3.05) is 13.1 Å². The van der Waals surface area contributed by atoms with Crippen LogP contribution >= 0.6 is 11.6 Å². The molecule has 0 unspecified atom stereocenters. The summed E-state index contributed by atoms with van der Waals surface area (Å²) in [4.78, 5) is 26.1. The van der Waals surface area contributed by atoms with Gasteiger partial charge in [-0.05, 0) is 54.8 Å². The Morgan fingerprint density at radius 3 is 2.41 bits per heavy atom. The molecule has 1 saturated heterocycles. The van der Waals surface area contributed by atoms with Gasteiger partial charge in [-0.1, -0.05) is 23.7 Å². The molecule has 1 aliphatic heterocycles. The number of carboxylic acid groups (broad SMARTS) is 1. The van der Waals surface area contributed by atoms with Crippen molar-refractivity contribution in [3.8, 4) is 0 Å². The Kier molecular flexibility index (Phi) is 5.28. The number of rotatable bonds is 4. The van der Waals surface area contributed by atoms with E-state index >= 15 is 0 Å². The average molecular weight is 415 g/mol. The lowest BCUT2D eigenvalue weighted by molar-refractivity contribution is -0.143. The summed E-state index contributed by atoms with van der Waals surface area (Å²) in [6, 6.07) is 13.6. The molecule has 150 valence electrons. The topological polar surface area (TPSA) is 62.5 Å². The molecule has 0 bridgehead atoms. The summed E-state index contributed by atoms with van der Waals surface area (Å²) in [5.41, 5.74) is 2.20. The van der Waals surface area contributed by atoms with Gasteiger partial charge in [-0.2, -0.15) is 0 Å². The van der Waals surface area contributed by atoms with Crippen molar-refractivity contribution in [2.45, 2.75) is 19.4 Å². The summed E-state index contributed by atoms with van der Waals surface area (Å²) in [5.74, 6) is -1.75. The fourth-order valence-corrected chi connectivity index (χ4v) is 3.98. The van der Waals surface area contributed by atoms with E-state index in [2.05, 4.69) is 0 Å². The smallest absolute Gasteiger partial charge is 0.306 e. The zero-order chi connectivity index (χ0) is 20.5. The van der Waals surface area contributed by atoms with E-state index in [4.69, 9.17) is 11.6 Å². The largest absolute Gasteiger partial charge is 0.481 e. The monoisotopic (exact) mass is 414 g/mol. The first kappa shape index (κ1) is 19.5. The summed E-state index contributed by atoms with van der Waals surface area (Å²) in [6.07, 6.45) is 0.875. The van der Waals surface area contributed by atoms with E-state index in [1.165, 1.54) is 12.1 Å². The quantitative estimate of drug-likeness (QED) is 0.687. The summed E-state index contributed by atoms with van der Waals surface area (Å²) in [7, 11) is 0. The van der Waals surface area contributed by atoms with Crippen LogP contribution in [0, 0.1) is 11.7 Å². The van der Waals surface area contributed by atoms with Crippen LogP contribution in [0.5, 0.6) is 0 Å². The van der Waals surface area contributed by atoms with Crippen LogP contribution in [0.15, 0.2) is 48.5 Å². The number of amides is 1. The third-order valence-corrected chi connectivity index (χ3v) is 5.72. The van der Waals surface area contributed by atoms with Gasteiger partial charge in [-0.25, -0.2) is 4.39 Å². The Bertz CT molecular complexity index is 1070. The van der Waals surface area contributed by atoms with Crippen molar-refractivity contribution in [1.29, 1.82) is 0 Å². The number of hydrogen-bond acceptors (Lipinski definition) is 2. The number of aliphatic carboxylic acids is 1. The van der Waals surface area contributed by atoms with Crippen LogP contribution in [0.2, 0.25) is 5.02 Å². The summed E-state index contributed by atoms with van der Waals surface area (Å²) >= 11 is 5.97. The molecule has 0 radical (unpaired) electrons. The van der Waals surface area contributed by atoms with Gasteiger partial charge in [0.1, 0.15) is 11.5 Å². The molecule has 1 N–H and O–H groups in total. The summed E-state index contributed by atoms with van der Waals surface area (Å²) < 4.78 is 15.6. The minimum absolute atomic E-state index is 0.167. The minimum Gasteiger partial charge on any atom is -0.481 e. The number of hydrogen-bond donors (Lipinski definition) is 1.